The molecular formula is C21H34N3O7+. The zero-order chi connectivity index (χ0) is 24.3. The number of aliphatic hydroxyl groups is 1. The van der Waals surface area contributed by atoms with E-state index >= 15 is 0 Å². The van der Waals surface area contributed by atoms with E-state index < -0.39 is 58.9 Å². The number of hydrazine groups is 1. The Kier molecular flexibility index (Phi) is 7.99. The first-order valence-electron chi connectivity index (χ1n) is 10.1. The van der Waals surface area contributed by atoms with Gasteiger partial charge in [-0.3, -0.25) is 14.4 Å². The van der Waals surface area contributed by atoms with Crippen molar-refractivity contribution in [2.24, 2.45) is 17.8 Å². The zero-order valence-electron chi connectivity index (χ0n) is 19.4. The van der Waals surface area contributed by atoms with Crippen molar-refractivity contribution >= 4 is 29.8 Å². The molecule has 1 saturated heterocycles. The number of hydrogen-bond acceptors (Lipinski definition) is 6. The monoisotopic (exact) mass is 440 g/mol. The number of imide groups is 1. The number of carbonyl (C=O) groups is 4. The normalized spacial score (nSPS) is 21.2. The van der Waals surface area contributed by atoms with Crippen LogP contribution in [0.5, 0.6) is 0 Å². The Morgan fingerprint density at radius 1 is 1.16 bits per heavy atom. The van der Waals surface area contributed by atoms with Crippen molar-refractivity contribution in [2.75, 3.05) is 0 Å². The van der Waals surface area contributed by atoms with E-state index in [-0.39, 0.29) is 5.92 Å². The van der Waals surface area contributed by atoms with Crippen LogP contribution in [0.4, 0.5) is 4.79 Å². The molecule has 31 heavy (non-hydrogen) atoms. The number of Topliss-reactive ketones (excluding diaryl/α,β-unsaturated/α-hetero) is 1. The van der Waals surface area contributed by atoms with Gasteiger partial charge in [-0.05, 0) is 56.7 Å². The molecule has 0 aromatic heterocycles. The van der Waals surface area contributed by atoms with Crippen LogP contribution >= 0.6 is 0 Å². The highest BCUT2D eigenvalue weighted by Crippen LogP contribution is 2.27. The van der Waals surface area contributed by atoms with Crippen molar-refractivity contribution in [3.63, 3.8) is 0 Å². The number of rotatable bonds is 7. The molecule has 3 amide bonds. The Balaban J connectivity index is 3.10. The predicted octanol–water partition coefficient (Wildman–Crippen LogP) is 0.617. The van der Waals surface area contributed by atoms with E-state index in [4.69, 9.17) is 9.47 Å². The van der Waals surface area contributed by atoms with Gasteiger partial charge in [-0.15, -0.1) is 0 Å². The first-order valence-corrected chi connectivity index (χ1v) is 10.1. The molecule has 0 unspecified atom stereocenters. The highest BCUT2D eigenvalue weighted by molar-refractivity contribution is 6.15. The third-order valence-corrected chi connectivity index (χ3v) is 4.61. The van der Waals surface area contributed by atoms with Gasteiger partial charge >= 0.3 is 12.2 Å². The average Bonchev–Trinajstić information content (AvgIpc) is 2.80. The average molecular weight is 441 g/mol. The van der Waals surface area contributed by atoms with E-state index in [0.29, 0.717) is 5.01 Å². The molecule has 0 bridgehead atoms. The zero-order valence-corrected chi connectivity index (χ0v) is 19.4. The van der Waals surface area contributed by atoms with Gasteiger partial charge in [0.15, 0.2) is 5.78 Å². The lowest BCUT2D eigenvalue weighted by molar-refractivity contribution is -0.616. The van der Waals surface area contributed by atoms with Gasteiger partial charge in [-0.2, -0.15) is 0 Å². The summed E-state index contributed by atoms with van der Waals surface area (Å²) in [4.78, 5) is 50.8. The molecule has 0 aromatic rings. The molecule has 10 heteroatoms. The molecule has 3 atom stereocenters. The number of ketones is 1. The number of nitrogens with zero attached hydrogens (tertiary/aromatic N) is 1. The number of aliphatic hydroxyl groups excluding tert-OH is 1. The molecule has 1 aliphatic rings. The van der Waals surface area contributed by atoms with Crippen LogP contribution in [-0.2, 0) is 23.9 Å². The number of hydrogen-bond donors (Lipinski definition) is 3. The first kappa shape index (κ1) is 26.1. The summed E-state index contributed by atoms with van der Waals surface area (Å²) in [6.07, 6.45) is -0.157. The van der Waals surface area contributed by atoms with Gasteiger partial charge in [0.1, 0.15) is 17.1 Å². The highest BCUT2D eigenvalue weighted by atomic mass is 16.6. The third-order valence-electron chi connectivity index (χ3n) is 4.61. The van der Waals surface area contributed by atoms with E-state index in [1.54, 1.807) is 48.5 Å². The molecule has 0 aliphatic carbocycles. The van der Waals surface area contributed by atoms with Crippen molar-refractivity contribution in [2.45, 2.75) is 72.6 Å². The Labute approximate surface area is 182 Å². The minimum absolute atomic E-state index is 0.381. The molecule has 0 saturated carbocycles. The second kappa shape index (κ2) is 9.49. The van der Waals surface area contributed by atoms with E-state index in [2.05, 4.69) is 17.0 Å². The molecule has 174 valence electrons. The molecular weight excluding hydrogens is 406 g/mol. The standard InChI is InChI=1S/C21H33N3O7/c1-10-21(8,9)31-18(28)22-14(11(2)3)15(25)13-12(4)16(26)24(17(13)27)23-19(29)30-20(5,6)7/h10-14H,1H2,2-9H3,(H,22,28)(H,23,29)/p+1/t12-,13+,14-/m0/s1. The molecule has 0 radical (unpaired) electrons. The van der Waals surface area contributed by atoms with Crippen LogP contribution < -0.4 is 10.4 Å². The van der Waals surface area contributed by atoms with Crippen LogP contribution in [0, 0.1) is 17.8 Å². The van der Waals surface area contributed by atoms with E-state index in [1.165, 1.54) is 13.0 Å². The van der Waals surface area contributed by atoms with Gasteiger partial charge in [-0.1, -0.05) is 27.4 Å². The van der Waals surface area contributed by atoms with Crippen molar-refractivity contribution < 1.29 is 38.9 Å². The van der Waals surface area contributed by atoms with Crippen LogP contribution in [0.2, 0.25) is 0 Å². The van der Waals surface area contributed by atoms with Gasteiger partial charge in [0, 0.05) is 0 Å². The largest absolute Gasteiger partial charge is 0.575 e. The van der Waals surface area contributed by atoms with Crippen LogP contribution in [-0.4, -0.2) is 57.1 Å². The second-order valence-corrected chi connectivity index (χ2v) is 9.38. The summed E-state index contributed by atoms with van der Waals surface area (Å²) in [6, 6.07) is -1.07. The van der Waals surface area contributed by atoms with Gasteiger partial charge in [0.25, 0.3) is 11.8 Å². The molecule has 3 N–H and O–H groups in total. The molecule has 1 aliphatic heterocycles. The van der Waals surface area contributed by atoms with Gasteiger partial charge in [0.2, 0.25) is 0 Å². The number of hydrazone groups is 1. The fraction of sp³-hybridized carbons (Fsp3) is 0.667. The summed E-state index contributed by atoms with van der Waals surface area (Å²) >= 11 is 0. The quantitative estimate of drug-likeness (QED) is 0.174. The van der Waals surface area contributed by atoms with Gasteiger partial charge < -0.3 is 19.9 Å². The lowest BCUT2D eigenvalue weighted by Crippen LogP contribution is -2.86. The lowest BCUT2D eigenvalue weighted by atomic mass is 9.85. The summed E-state index contributed by atoms with van der Waals surface area (Å²) in [5.41, 5.74) is -1.74. The maximum atomic E-state index is 13.2. The minimum Gasteiger partial charge on any atom is -0.439 e. The van der Waals surface area contributed by atoms with Crippen LogP contribution in [0.1, 0.15) is 55.4 Å². The lowest BCUT2D eigenvalue weighted by Gasteiger charge is -2.26. The van der Waals surface area contributed by atoms with E-state index in [0.717, 1.165) is 0 Å². The molecule has 10 nitrogen and oxygen atoms in total. The summed E-state index contributed by atoms with van der Waals surface area (Å²) < 4.78 is 10.4. The number of nitrogens with one attached hydrogen (secondary N) is 2. The maximum Gasteiger partial charge on any atom is 0.575 e. The van der Waals surface area contributed by atoms with E-state index in [1.807, 2.05) is 0 Å². The van der Waals surface area contributed by atoms with Crippen LogP contribution in [0.25, 0.3) is 0 Å². The van der Waals surface area contributed by atoms with Gasteiger partial charge in [0.05, 0.1) is 12.0 Å². The summed E-state index contributed by atoms with van der Waals surface area (Å²) in [5, 5.41) is 15.2. The first-order chi connectivity index (χ1) is 14.0. The predicted molar refractivity (Wildman–Crippen MR) is 111 cm³/mol. The SMILES string of the molecule is C=CC(C)(C)OC(=O)N[C@H](C(=O)[C@@H]1C(=O)N(/[NH+]=C(\O)OC(C)(C)C)C(=O)[C@H]1C)C(C)C. The minimum atomic E-state index is -1.34. The van der Waals surface area contributed by atoms with Crippen LogP contribution in [0.15, 0.2) is 12.7 Å². The highest BCUT2D eigenvalue weighted by Gasteiger charge is 2.54. The smallest absolute Gasteiger partial charge is 0.439 e. The number of amides is 3. The third kappa shape index (κ3) is 6.80. The topological polar surface area (TPSA) is 136 Å². The summed E-state index contributed by atoms with van der Waals surface area (Å²) in [5.74, 6) is -4.91. The Bertz CT molecular complexity index is 780. The van der Waals surface area contributed by atoms with Crippen molar-refractivity contribution in [3.05, 3.63) is 12.7 Å². The molecule has 1 heterocycles. The number of alkyl carbamates (subject to hydrolysis) is 1. The molecule has 1 rings (SSSR count). The fourth-order valence-electron chi connectivity index (χ4n) is 2.89. The van der Waals surface area contributed by atoms with Crippen LogP contribution in [0.3, 0.4) is 0 Å². The Morgan fingerprint density at radius 2 is 1.71 bits per heavy atom. The van der Waals surface area contributed by atoms with Crippen molar-refractivity contribution in [1.29, 1.82) is 0 Å². The molecule has 0 spiro atoms. The number of ether oxygens (including phenoxy) is 2. The van der Waals surface area contributed by atoms with Gasteiger partial charge in [-0.25, -0.2) is 4.79 Å². The van der Waals surface area contributed by atoms with E-state index in [9.17, 15) is 24.3 Å². The van der Waals surface area contributed by atoms with Crippen molar-refractivity contribution in [3.8, 4) is 0 Å². The summed E-state index contributed by atoms with van der Waals surface area (Å²) in [6.45, 7) is 16.6. The number of carbonyl (C=O) groups excluding carboxylic acids is 4. The Morgan fingerprint density at radius 3 is 2.16 bits per heavy atom. The van der Waals surface area contributed by atoms with Crippen molar-refractivity contribution in [1.82, 2.24) is 10.3 Å². The maximum absolute atomic E-state index is 13.2. The second-order valence-electron chi connectivity index (χ2n) is 9.38. The molecule has 1 fully saturated rings. The Hall–Kier alpha value is -2.91. The fourth-order valence-corrected chi connectivity index (χ4v) is 2.89. The summed E-state index contributed by atoms with van der Waals surface area (Å²) in [7, 11) is 0. The molecule has 0 aromatic carbocycles.